The number of hydrogen-bond acceptors (Lipinski definition) is 1. The van der Waals surface area contributed by atoms with Crippen molar-refractivity contribution in [2.24, 2.45) is 5.41 Å². The van der Waals surface area contributed by atoms with Crippen LogP contribution in [0.3, 0.4) is 0 Å². The number of unbranched alkanes of at least 4 members (excludes halogenated alkanes) is 6. The van der Waals surface area contributed by atoms with Crippen LogP contribution in [0.15, 0.2) is 25.0 Å². The molecule has 0 aromatic heterocycles. The Morgan fingerprint density at radius 2 is 1.44 bits per heavy atom. The third-order valence-electron chi connectivity index (χ3n) is 3.00. The number of ether oxygens (including phenoxy) is 1. The fraction of sp³-hybridized carbons (Fsp3) is 0.765. The Kier molecular flexibility index (Phi) is 10.9. The number of rotatable bonds is 11. The molecule has 0 atom stereocenters. The van der Waals surface area contributed by atoms with E-state index in [9.17, 15) is 0 Å². The molecule has 0 aromatic rings. The predicted molar refractivity (Wildman–Crippen MR) is 81.7 cm³/mol. The van der Waals surface area contributed by atoms with E-state index in [0.29, 0.717) is 5.41 Å². The van der Waals surface area contributed by atoms with Crippen molar-refractivity contribution in [3.8, 4) is 0 Å². The first-order chi connectivity index (χ1) is 8.56. The first-order valence-corrected chi connectivity index (χ1v) is 7.45. The van der Waals surface area contributed by atoms with E-state index < -0.39 is 0 Å². The van der Waals surface area contributed by atoms with Gasteiger partial charge in [0.15, 0.2) is 0 Å². The Morgan fingerprint density at radius 1 is 0.889 bits per heavy atom. The summed E-state index contributed by atoms with van der Waals surface area (Å²) < 4.78 is 5.30. The van der Waals surface area contributed by atoms with Crippen molar-refractivity contribution < 1.29 is 4.74 Å². The Morgan fingerprint density at radius 3 is 2.00 bits per heavy atom. The topological polar surface area (TPSA) is 9.23 Å². The van der Waals surface area contributed by atoms with Crippen LogP contribution in [0.2, 0.25) is 0 Å². The number of allylic oxidation sites excluding steroid dienone is 2. The van der Waals surface area contributed by atoms with Crippen LogP contribution in [0.4, 0.5) is 0 Å². The van der Waals surface area contributed by atoms with Crippen LogP contribution in [-0.4, -0.2) is 6.61 Å². The van der Waals surface area contributed by atoms with Crippen LogP contribution in [0.5, 0.6) is 0 Å². The maximum atomic E-state index is 5.30. The molecule has 0 radical (unpaired) electrons. The molecule has 0 heterocycles. The summed E-state index contributed by atoms with van der Waals surface area (Å²) in [7, 11) is 0. The molecule has 1 heteroatoms. The maximum absolute atomic E-state index is 5.30. The van der Waals surface area contributed by atoms with E-state index in [4.69, 9.17) is 4.74 Å². The summed E-state index contributed by atoms with van der Waals surface area (Å²) in [6.07, 6.45) is 16.0. The maximum Gasteiger partial charge on any atom is 0.0873 e. The van der Waals surface area contributed by atoms with Gasteiger partial charge >= 0.3 is 0 Å². The zero-order valence-electron chi connectivity index (χ0n) is 12.7. The van der Waals surface area contributed by atoms with Gasteiger partial charge in [0.05, 0.1) is 12.9 Å². The highest BCUT2D eigenvalue weighted by Crippen LogP contribution is 2.22. The SMILES string of the molecule is C=CC=COCCCCCCCCCC(C)(C)C. The van der Waals surface area contributed by atoms with Gasteiger partial charge in [-0.1, -0.05) is 72.0 Å². The van der Waals surface area contributed by atoms with Gasteiger partial charge in [-0.05, 0) is 24.3 Å². The summed E-state index contributed by atoms with van der Waals surface area (Å²) in [5.41, 5.74) is 0.510. The average Bonchev–Trinajstić information content (AvgIpc) is 2.29. The van der Waals surface area contributed by atoms with Gasteiger partial charge in [0.2, 0.25) is 0 Å². The summed E-state index contributed by atoms with van der Waals surface area (Å²) in [6, 6.07) is 0. The largest absolute Gasteiger partial charge is 0.501 e. The van der Waals surface area contributed by atoms with Crippen LogP contribution in [0.1, 0.15) is 72.1 Å². The highest BCUT2D eigenvalue weighted by molar-refractivity contribution is 4.92. The minimum absolute atomic E-state index is 0.510. The van der Waals surface area contributed by atoms with E-state index in [1.165, 1.54) is 51.4 Å². The zero-order valence-corrected chi connectivity index (χ0v) is 12.7. The molecule has 0 unspecified atom stereocenters. The first kappa shape index (κ1) is 17.3. The van der Waals surface area contributed by atoms with Gasteiger partial charge in [-0.15, -0.1) is 0 Å². The molecule has 1 nitrogen and oxygen atoms in total. The molecule has 0 aliphatic carbocycles. The van der Waals surface area contributed by atoms with Gasteiger partial charge in [-0.3, -0.25) is 0 Å². The van der Waals surface area contributed by atoms with Gasteiger partial charge in [0, 0.05) is 0 Å². The van der Waals surface area contributed by atoms with Crippen LogP contribution in [0.25, 0.3) is 0 Å². The minimum Gasteiger partial charge on any atom is -0.501 e. The molecule has 0 N–H and O–H groups in total. The second kappa shape index (κ2) is 11.4. The lowest BCUT2D eigenvalue weighted by molar-refractivity contribution is 0.240. The molecule has 0 rings (SSSR count). The molecule has 0 bridgehead atoms. The fourth-order valence-corrected chi connectivity index (χ4v) is 1.90. The summed E-state index contributed by atoms with van der Waals surface area (Å²) in [5.74, 6) is 0. The summed E-state index contributed by atoms with van der Waals surface area (Å²) in [5, 5.41) is 0. The Balaban J connectivity index is 3.08. The van der Waals surface area contributed by atoms with E-state index in [-0.39, 0.29) is 0 Å². The normalized spacial score (nSPS) is 11.9. The van der Waals surface area contributed by atoms with Gasteiger partial charge < -0.3 is 4.74 Å². The molecule has 0 saturated heterocycles. The van der Waals surface area contributed by atoms with Crippen LogP contribution >= 0.6 is 0 Å². The summed E-state index contributed by atoms with van der Waals surface area (Å²) >= 11 is 0. The molecule has 0 saturated carbocycles. The van der Waals surface area contributed by atoms with Crippen molar-refractivity contribution in [3.05, 3.63) is 25.0 Å². The van der Waals surface area contributed by atoms with Gasteiger partial charge in [-0.25, -0.2) is 0 Å². The summed E-state index contributed by atoms with van der Waals surface area (Å²) in [6.45, 7) is 11.4. The lowest BCUT2D eigenvalue weighted by Gasteiger charge is -2.17. The highest BCUT2D eigenvalue weighted by atomic mass is 16.5. The van der Waals surface area contributed by atoms with Gasteiger partial charge in [0.1, 0.15) is 0 Å². The average molecular weight is 252 g/mol. The highest BCUT2D eigenvalue weighted by Gasteiger charge is 2.08. The van der Waals surface area contributed by atoms with Crippen molar-refractivity contribution in [2.75, 3.05) is 6.61 Å². The van der Waals surface area contributed by atoms with Crippen molar-refractivity contribution >= 4 is 0 Å². The Hall–Kier alpha value is -0.720. The molecule has 0 aliphatic heterocycles. The molecular formula is C17H32O. The quantitative estimate of drug-likeness (QED) is 0.254. The molecule has 0 aliphatic rings. The molecule has 0 fully saturated rings. The van der Waals surface area contributed by atoms with Gasteiger partial charge in [0.25, 0.3) is 0 Å². The molecule has 18 heavy (non-hydrogen) atoms. The lowest BCUT2D eigenvalue weighted by atomic mass is 9.89. The zero-order chi connectivity index (χ0) is 13.7. The van der Waals surface area contributed by atoms with Crippen molar-refractivity contribution in [1.29, 1.82) is 0 Å². The van der Waals surface area contributed by atoms with Crippen molar-refractivity contribution in [3.63, 3.8) is 0 Å². The Bertz CT molecular complexity index is 210. The Labute approximate surface area is 114 Å². The molecule has 0 spiro atoms. The van der Waals surface area contributed by atoms with Gasteiger partial charge in [-0.2, -0.15) is 0 Å². The third kappa shape index (κ3) is 15.3. The third-order valence-corrected chi connectivity index (χ3v) is 3.00. The predicted octanol–water partition coefficient (Wildman–Crippen LogP) is 5.87. The van der Waals surface area contributed by atoms with Crippen LogP contribution < -0.4 is 0 Å². The minimum atomic E-state index is 0.510. The second-order valence-electron chi connectivity index (χ2n) is 6.22. The lowest BCUT2D eigenvalue weighted by Crippen LogP contribution is -2.03. The van der Waals surface area contributed by atoms with E-state index in [1.54, 1.807) is 12.3 Å². The van der Waals surface area contributed by atoms with Crippen LogP contribution in [0, 0.1) is 5.41 Å². The second-order valence-corrected chi connectivity index (χ2v) is 6.22. The van der Waals surface area contributed by atoms with E-state index in [1.807, 2.05) is 6.08 Å². The fourth-order valence-electron chi connectivity index (χ4n) is 1.90. The first-order valence-electron chi connectivity index (χ1n) is 7.45. The van der Waals surface area contributed by atoms with E-state index >= 15 is 0 Å². The van der Waals surface area contributed by atoms with Crippen molar-refractivity contribution in [1.82, 2.24) is 0 Å². The van der Waals surface area contributed by atoms with Crippen LogP contribution in [-0.2, 0) is 4.74 Å². The molecule has 0 amide bonds. The number of hydrogen-bond donors (Lipinski definition) is 0. The van der Waals surface area contributed by atoms with E-state index in [2.05, 4.69) is 27.4 Å². The molecule has 0 aromatic carbocycles. The molecular weight excluding hydrogens is 220 g/mol. The summed E-state index contributed by atoms with van der Waals surface area (Å²) in [4.78, 5) is 0. The standard InChI is InChI=1S/C17H32O/c1-5-6-15-18-16-13-11-9-7-8-10-12-14-17(2,3)4/h5-6,15H,1,7-14,16H2,2-4H3. The van der Waals surface area contributed by atoms with Crippen molar-refractivity contribution in [2.45, 2.75) is 72.1 Å². The monoisotopic (exact) mass is 252 g/mol. The van der Waals surface area contributed by atoms with E-state index in [0.717, 1.165) is 6.61 Å². The smallest absolute Gasteiger partial charge is 0.0873 e. The molecule has 106 valence electrons.